The average molecular weight is 638 g/mol. The number of ether oxygens (including phenoxy) is 5. The molecule has 6 rings (SSSR count). The molecule has 0 aliphatic carbocycles. The van der Waals surface area contributed by atoms with Crippen LogP contribution in [0.25, 0.3) is 0 Å². The normalized spacial score (nSPS) is 13.6. The van der Waals surface area contributed by atoms with E-state index in [0.717, 1.165) is 53.0 Å². The molecule has 0 bridgehead atoms. The molecule has 1 aliphatic heterocycles. The van der Waals surface area contributed by atoms with Crippen molar-refractivity contribution in [3.63, 3.8) is 0 Å². The number of rotatable bonds is 13. The third kappa shape index (κ3) is 7.94. The largest absolute Gasteiger partial charge is 0.493 e. The van der Waals surface area contributed by atoms with Crippen LogP contribution in [0.15, 0.2) is 115 Å². The van der Waals surface area contributed by atoms with E-state index in [1.54, 1.807) is 14.2 Å². The lowest BCUT2D eigenvalue weighted by Crippen LogP contribution is -2.32. The molecule has 0 amide bonds. The van der Waals surface area contributed by atoms with E-state index in [0.29, 0.717) is 42.8 Å². The van der Waals surface area contributed by atoms with Gasteiger partial charge in [0.15, 0.2) is 23.0 Å². The van der Waals surface area contributed by atoms with Crippen LogP contribution in [0.2, 0.25) is 0 Å². The number of nitrogens with one attached hydrogen (secondary N) is 1. The average Bonchev–Trinajstić information content (AvgIpc) is 3.10. The molecule has 0 saturated heterocycles. The van der Waals surface area contributed by atoms with Gasteiger partial charge in [0.25, 0.3) is 0 Å². The Balaban J connectivity index is 0.00000417. The summed E-state index contributed by atoms with van der Waals surface area (Å²) < 4.78 is 30.9. The Hall–Kier alpha value is -4.65. The third-order valence-corrected chi connectivity index (χ3v) is 8.03. The zero-order valence-corrected chi connectivity index (χ0v) is 27.1. The molecular weight excluding hydrogens is 598 g/mol. The third-order valence-electron chi connectivity index (χ3n) is 8.03. The van der Waals surface area contributed by atoms with Crippen LogP contribution >= 0.6 is 12.4 Å². The van der Waals surface area contributed by atoms with Crippen molar-refractivity contribution < 1.29 is 23.7 Å². The van der Waals surface area contributed by atoms with Gasteiger partial charge in [-0.25, -0.2) is 0 Å². The van der Waals surface area contributed by atoms with Gasteiger partial charge >= 0.3 is 0 Å². The zero-order valence-electron chi connectivity index (χ0n) is 26.2. The number of fused-ring (bicyclic) bond motifs is 1. The molecule has 7 heteroatoms. The summed E-state index contributed by atoms with van der Waals surface area (Å²) >= 11 is 0. The molecule has 0 fully saturated rings. The first-order valence-electron chi connectivity index (χ1n) is 15.4. The van der Waals surface area contributed by atoms with Crippen molar-refractivity contribution in [2.24, 2.45) is 0 Å². The maximum atomic E-state index is 6.50. The number of hydrogen-bond acceptors (Lipinski definition) is 6. The van der Waals surface area contributed by atoms with E-state index < -0.39 is 0 Å². The van der Waals surface area contributed by atoms with Crippen molar-refractivity contribution in [1.29, 1.82) is 0 Å². The molecule has 5 aromatic carbocycles. The van der Waals surface area contributed by atoms with Gasteiger partial charge in [0, 0.05) is 11.6 Å². The van der Waals surface area contributed by atoms with Crippen LogP contribution in [0.5, 0.6) is 28.7 Å². The Labute approximate surface area is 277 Å². The molecule has 46 heavy (non-hydrogen) atoms. The minimum atomic E-state index is 0. The van der Waals surface area contributed by atoms with Crippen LogP contribution in [-0.2, 0) is 32.7 Å². The second kappa shape index (κ2) is 16.1. The lowest BCUT2D eigenvalue weighted by molar-refractivity contribution is 0.241. The van der Waals surface area contributed by atoms with Crippen LogP contribution in [0, 0.1) is 0 Å². The second-order valence-electron chi connectivity index (χ2n) is 11.1. The van der Waals surface area contributed by atoms with Gasteiger partial charge < -0.3 is 29.0 Å². The highest BCUT2D eigenvalue weighted by atomic mass is 35.5. The molecule has 238 valence electrons. The molecule has 6 nitrogen and oxygen atoms in total. The van der Waals surface area contributed by atoms with Gasteiger partial charge in [0.1, 0.15) is 19.8 Å². The predicted molar refractivity (Wildman–Crippen MR) is 184 cm³/mol. The van der Waals surface area contributed by atoms with Gasteiger partial charge in [0.05, 0.1) is 14.2 Å². The lowest BCUT2D eigenvalue weighted by atomic mass is 9.88. The maximum absolute atomic E-state index is 6.50. The van der Waals surface area contributed by atoms with Gasteiger partial charge in [-0.05, 0) is 65.4 Å². The first-order valence-corrected chi connectivity index (χ1v) is 15.4. The Bertz CT molecular complexity index is 1680. The van der Waals surface area contributed by atoms with Gasteiger partial charge in [-0.3, -0.25) is 0 Å². The van der Waals surface area contributed by atoms with E-state index in [9.17, 15) is 0 Å². The fourth-order valence-corrected chi connectivity index (χ4v) is 5.77. The van der Waals surface area contributed by atoms with Gasteiger partial charge in [0.2, 0.25) is 5.75 Å². The minimum Gasteiger partial charge on any atom is -0.493 e. The summed E-state index contributed by atoms with van der Waals surface area (Å²) in [5, 5.41) is 3.73. The number of hydrogen-bond donors (Lipinski definition) is 1. The Morgan fingerprint density at radius 1 is 0.565 bits per heavy atom. The SMILES string of the molecule is COc1cc(CC2NCCc3cc(OCc4ccccc4)c(OCc4ccccc4)c(OC)c32)ccc1OCc1ccccc1.Cl. The summed E-state index contributed by atoms with van der Waals surface area (Å²) in [6.07, 6.45) is 1.60. The summed E-state index contributed by atoms with van der Waals surface area (Å²) in [6, 6.07) is 38.8. The fraction of sp³-hybridized carbons (Fsp3) is 0.231. The fourth-order valence-electron chi connectivity index (χ4n) is 5.77. The number of halogens is 1. The molecule has 0 spiro atoms. The molecule has 1 atom stereocenters. The Morgan fingerprint density at radius 2 is 1.13 bits per heavy atom. The predicted octanol–water partition coefficient (Wildman–Crippen LogP) is 8.29. The van der Waals surface area contributed by atoms with E-state index in [2.05, 4.69) is 59.9 Å². The van der Waals surface area contributed by atoms with E-state index in [4.69, 9.17) is 23.7 Å². The van der Waals surface area contributed by atoms with E-state index in [1.165, 1.54) is 5.56 Å². The topological polar surface area (TPSA) is 58.2 Å². The van der Waals surface area contributed by atoms with Crippen molar-refractivity contribution in [2.75, 3.05) is 20.8 Å². The Morgan fingerprint density at radius 3 is 1.70 bits per heavy atom. The van der Waals surface area contributed by atoms with Crippen LogP contribution < -0.4 is 29.0 Å². The minimum absolute atomic E-state index is 0. The van der Waals surface area contributed by atoms with Crippen molar-refractivity contribution in [3.05, 3.63) is 149 Å². The first kappa shape index (κ1) is 32.7. The highest BCUT2D eigenvalue weighted by molar-refractivity contribution is 5.85. The van der Waals surface area contributed by atoms with E-state index >= 15 is 0 Å². The summed E-state index contributed by atoms with van der Waals surface area (Å²) in [5.74, 6) is 3.44. The summed E-state index contributed by atoms with van der Waals surface area (Å²) in [6.45, 7) is 2.16. The molecule has 1 unspecified atom stereocenters. The smallest absolute Gasteiger partial charge is 0.204 e. The van der Waals surface area contributed by atoms with Crippen molar-refractivity contribution in [1.82, 2.24) is 5.32 Å². The second-order valence-corrected chi connectivity index (χ2v) is 11.1. The van der Waals surface area contributed by atoms with Crippen molar-refractivity contribution in [2.45, 2.75) is 38.7 Å². The highest BCUT2D eigenvalue weighted by Crippen LogP contribution is 2.47. The quantitative estimate of drug-likeness (QED) is 0.140. The van der Waals surface area contributed by atoms with E-state index in [-0.39, 0.29) is 18.4 Å². The summed E-state index contributed by atoms with van der Waals surface area (Å²) in [5.41, 5.74) is 6.69. The summed E-state index contributed by atoms with van der Waals surface area (Å²) in [4.78, 5) is 0. The van der Waals surface area contributed by atoms with Gasteiger partial charge in [-0.15, -0.1) is 12.4 Å². The zero-order chi connectivity index (χ0) is 30.8. The maximum Gasteiger partial charge on any atom is 0.204 e. The molecule has 5 aromatic rings. The molecule has 1 heterocycles. The molecule has 0 radical (unpaired) electrons. The monoisotopic (exact) mass is 637 g/mol. The molecular formula is C39H40ClNO5. The van der Waals surface area contributed by atoms with Gasteiger partial charge in [-0.2, -0.15) is 0 Å². The molecule has 1 aliphatic rings. The van der Waals surface area contributed by atoms with Crippen LogP contribution in [0.3, 0.4) is 0 Å². The van der Waals surface area contributed by atoms with Crippen molar-refractivity contribution >= 4 is 12.4 Å². The van der Waals surface area contributed by atoms with E-state index in [1.807, 2.05) is 60.7 Å². The highest BCUT2D eigenvalue weighted by Gasteiger charge is 2.30. The lowest BCUT2D eigenvalue weighted by Gasteiger charge is -2.31. The van der Waals surface area contributed by atoms with Crippen LogP contribution in [-0.4, -0.2) is 20.8 Å². The molecule has 0 aromatic heterocycles. The molecule has 0 saturated carbocycles. The summed E-state index contributed by atoms with van der Waals surface area (Å²) in [7, 11) is 3.39. The van der Waals surface area contributed by atoms with Crippen LogP contribution in [0.4, 0.5) is 0 Å². The standard InChI is InChI=1S/C39H39NO5.ClH/c1-41-35-23-31(18-19-34(35)43-25-28-12-6-3-7-13-28)22-33-37-32(20-21-40-33)24-36(44-26-29-14-8-4-9-15-29)38(39(37)42-2)45-27-30-16-10-5-11-17-30;/h3-19,23-24,33,40H,20-22,25-27H2,1-2H3;1H. The number of methoxy groups -OCH3 is 2. The molecule has 1 N–H and O–H groups in total. The number of benzene rings is 5. The first-order chi connectivity index (χ1) is 22.2. The van der Waals surface area contributed by atoms with Crippen molar-refractivity contribution in [3.8, 4) is 28.7 Å². The van der Waals surface area contributed by atoms with Crippen LogP contribution in [0.1, 0.15) is 39.4 Å². The van der Waals surface area contributed by atoms with Gasteiger partial charge in [-0.1, -0.05) is 97.1 Å². The Kier molecular flexibility index (Phi) is 11.4.